The number of benzene rings is 1. The molecule has 0 radical (unpaired) electrons. The van der Waals surface area contributed by atoms with Crippen molar-refractivity contribution in [2.45, 2.75) is 94.0 Å². The van der Waals surface area contributed by atoms with Gasteiger partial charge in [0.2, 0.25) is 0 Å². The molecule has 2 saturated carbocycles. The van der Waals surface area contributed by atoms with Crippen molar-refractivity contribution < 1.29 is 24.5 Å². The van der Waals surface area contributed by atoms with E-state index in [1.165, 1.54) is 18.4 Å². The molecule has 2 bridgehead atoms. The van der Waals surface area contributed by atoms with Gasteiger partial charge in [0.1, 0.15) is 12.1 Å². The van der Waals surface area contributed by atoms with Crippen LogP contribution in [-0.4, -0.2) is 71.1 Å². The van der Waals surface area contributed by atoms with Crippen LogP contribution in [0.4, 0.5) is 0 Å². The minimum absolute atomic E-state index is 0.0105. The quantitative estimate of drug-likeness (QED) is 0.538. The number of nitrogens with one attached hydrogen (secondary N) is 1. The number of carboxylic acids is 1. The molecule has 2 aliphatic heterocycles. The van der Waals surface area contributed by atoms with Crippen molar-refractivity contribution in [1.29, 1.82) is 0 Å². The van der Waals surface area contributed by atoms with E-state index >= 15 is 0 Å². The smallest absolute Gasteiger partial charge is 0.320 e. The van der Waals surface area contributed by atoms with Gasteiger partial charge in [-0.1, -0.05) is 26.3 Å². The van der Waals surface area contributed by atoms with Crippen LogP contribution >= 0.6 is 0 Å². The zero-order valence-electron chi connectivity index (χ0n) is 20.5. The molecule has 3 aliphatic carbocycles. The minimum atomic E-state index is -0.810. The van der Waals surface area contributed by atoms with Gasteiger partial charge < -0.3 is 19.7 Å². The molecule has 0 aromatic heterocycles. The molecule has 1 spiro atoms. The van der Waals surface area contributed by atoms with Crippen molar-refractivity contribution >= 4 is 5.97 Å². The number of phenols is 1. The SMILES string of the molecule is CC[C@H](C)[C@H](N[C@@H]1CC[C@@]2(OC)C3Cc4ccc(O)c5c4[C@@]2(CCN3CC2CC2)[C@H]1O5)C(=O)O. The predicted molar refractivity (Wildman–Crippen MR) is 127 cm³/mol. The third-order valence-electron chi connectivity index (χ3n) is 9.96. The molecule has 1 aromatic carbocycles. The number of likely N-dealkylation sites (tertiary alicyclic amines) is 1. The second-order valence-electron chi connectivity index (χ2n) is 11.5. The Labute approximate surface area is 201 Å². The van der Waals surface area contributed by atoms with E-state index in [0.717, 1.165) is 56.7 Å². The van der Waals surface area contributed by atoms with Crippen LogP contribution in [0.5, 0.6) is 11.5 Å². The van der Waals surface area contributed by atoms with E-state index in [0.29, 0.717) is 5.75 Å². The number of phenolic OH excluding ortho intramolecular Hbond substituents is 1. The normalized spacial score (nSPS) is 37.6. The van der Waals surface area contributed by atoms with Gasteiger partial charge >= 0.3 is 5.97 Å². The largest absolute Gasteiger partial charge is 0.504 e. The lowest BCUT2D eigenvalue weighted by Gasteiger charge is -2.66. The van der Waals surface area contributed by atoms with E-state index in [1.54, 1.807) is 6.07 Å². The molecule has 1 unspecified atom stereocenters. The predicted octanol–water partition coefficient (Wildman–Crippen LogP) is 3.07. The monoisotopic (exact) mass is 470 g/mol. The first-order valence-electron chi connectivity index (χ1n) is 13.2. The number of ether oxygens (including phenoxy) is 2. The van der Waals surface area contributed by atoms with Crippen molar-refractivity contribution in [2.75, 3.05) is 20.2 Å². The Kier molecular flexibility index (Phi) is 5.21. The van der Waals surface area contributed by atoms with Crippen molar-refractivity contribution in [1.82, 2.24) is 10.2 Å². The van der Waals surface area contributed by atoms with Crippen LogP contribution in [-0.2, 0) is 21.4 Å². The topological polar surface area (TPSA) is 91.3 Å². The first-order valence-corrected chi connectivity index (χ1v) is 13.2. The third-order valence-corrected chi connectivity index (χ3v) is 9.96. The van der Waals surface area contributed by atoms with Crippen LogP contribution in [0.2, 0.25) is 0 Å². The summed E-state index contributed by atoms with van der Waals surface area (Å²) in [5.74, 6) is 0.788. The van der Waals surface area contributed by atoms with Gasteiger partial charge in [-0.3, -0.25) is 15.0 Å². The maximum atomic E-state index is 12.2. The summed E-state index contributed by atoms with van der Waals surface area (Å²) >= 11 is 0. The van der Waals surface area contributed by atoms with Crippen LogP contribution in [0.1, 0.15) is 63.5 Å². The van der Waals surface area contributed by atoms with Crippen molar-refractivity contribution in [2.24, 2.45) is 11.8 Å². The first-order chi connectivity index (χ1) is 16.4. The number of carbonyl (C=O) groups is 1. The number of hydrogen-bond donors (Lipinski definition) is 3. The third kappa shape index (κ3) is 2.89. The number of aliphatic carboxylic acids is 1. The standard InChI is InChI=1S/C27H38N2O5/c1-4-15(2)22(25(31)32)28-18-9-10-27(33-3)20-13-17-7-8-19(30)23-21(17)26(27,24(18)34-23)11-12-29(20)14-16-5-6-16/h7-8,15-16,18,20,22,24,28,30H,4-6,9-14H2,1-3H3,(H,31,32)/t15-,18+,20?,22-,24-,26-,27+/m0/s1. The summed E-state index contributed by atoms with van der Waals surface area (Å²) in [6, 6.07) is 3.37. The van der Waals surface area contributed by atoms with E-state index in [-0.39, 0.29) is 35.3 Å². The molecule has 0 amide bonds. The van der Waals surface area contributed by atoms with E-state index in [9.17, 15) is 15.0 Å². The molecule has 7 nitrogen and oxygen atoms in total. The maximum Gasteiger partial charge on any atom is 0.320 e. The maximum absolute atomic E-state index is 12.2. The van der Waals surface area contributed by atoms with E-state index < -0.39 is 17.6 Å². The van der Waals surface area contributed by atoms with Gasteiger partial charge in [0, 0.05) is 31.3 Å². The summed E-state index contributed by atoms with van der Waals surface area (Å²) in [4.78, 5) is 14.8. The fourth-order valence-corrected chi connectivity index (χ4v) is 7.99. The van der Waals surface area contributed by atoms with Crippen LogP contribution in [0.25, 0.3) is 0 Å². The summed E-state index contributed by atoms with van der Waals surface area (Å²) in [5.41, 5.74) is 1.60. The molecule has 34 heavy (non-hydrogen) atoms. The lowest BCUT2D eigenvalue weighted by atomic mass is 9.48. The molecule has 3 N–H and O–H groups in total. The van der Waals surface area contributed by atoms with Gasteiger partial charge in [-0.2, -0.15) is 0 Å². The fourth-order valence-electron chi connectivity index (χ4n) is 7.99. The summed E-state index contributed by atoms with van der Waals surface area (Å²) in [6.07, 6.45) is 6.63. The molecule has 3 fully saturated rings. The summed E-state index contributed by atoms with van der Waals surface area (Å²) in [6.45, 7) is 6.15. The molecular formula is C27H38N2O5. The van der Waals surface area contributed by atoms with E-state index in [1.807, 2.05) is 21.0 Å². The van der Waals surface area contributed by atoms with E-state index in [4.69, 9.17) is 9.47 Å². The Bertz CT molecular complexity index is 995. The van der Waals surface area contributed by atoms with Crippen LogP contribution in [0, 0.1) is 11.8 Å². The second-order valence-corrected chi connectivity index (χ2v) is 11.5. The summed E-state index contributed by atoms with van der Waals surface area (Å²) in [7, 11) is 1.85. The summed E-state index contributed by atoms with van der Waals surface area (Å²) in [5, 5.41) is 24.3. The van der Waals surface area contributed by atoms with Gasteiger partial charge in [0.15, 0.2) is 11.5 Å². The number of carboxylic acid groups (broad SMARTS) is 1. The number of hydrogen-bond acceptors (Lipinski definition) is 6. The molecule has 7 heteroatoms. The molecule has 2 heterocycles. The molecule has 7 atom stereocenters. The van der Waals surface area contributed by atoms with Crippen molar-refractivity contribution in [3.8, 4) is 11.5 Å². The Morgan fingerprint density at radius 3 is 2.79 bits per heavy atom. The molecular weight excluding hydrogens is 432 g/mol. The molecule has 186 valence electrons. The second kappa shape index (κ2) is 7.84. The number of piperidine rings is 1. The zero-order chi connectivity index (χ0) is 23.8. The fraction of sp³-hybridized carbons (Fsp3) is 0.741. The number of aromatic hydroxyl groups is 1. The lowest BCUT2D eigenvalue weighted by Crippen LogP contribution is -2.79. The number of rotatable bonds is 8. The molecule has 5 aliphatic rings. The molecule has 6 rings (SSSR count). The zero-order valence-corrected chi connectivity index (χ0v) is 20.5. The van der Waals surface area contributed by atoms with Gasteiger partial charge in [-0.15, -0.1) is 0 Å². The first kappa shape index (κ1) is 22.6. The number of nitrogens with zero attached hydrogens (tertiary/aromatic N) is 1. The average Bonchev–Trinajstić information content (AvgIpc) is 3.57. The Hall–Kier alpha value is -1.83. The van der Waals surface area contributed by atoms with Crippen LogP contribution < -0.4 is 10.1 Å². The van der Waals surface area contributed by atoms with Crippen molar-refractivity contribution in [3.05, 3.63) is 23.3 Å². The highest BCUT2D eigenvalue weighted by atomic mass is 16.5. The minimum Gasteiger partial charge on any atom is -0.504 e. The van der Waals surface area contributed by atoms with Crippen molar-refractivity contribution in [3.63, 3.8) is 0 Å². The van der Waals surface area contributed by atoms with Gasteiger partial charge in [-0.25, -0.2) is 0 Å². The van der Waals surface area contributed by atoms with Crippen LogP contribution in [0.3, 0.4) is 0 Å². The molecule has 1 aromatic rings. The average molecular weight is 471 g/mol. The summed E-state index contributed by atoms with van der Waals surface area (Å²) < 4.78 is 13.3. The highest BCUT2D eigenvalue weighted by Gasteiger charge is 2.74. The Balaban J connectivity index is 1.45. The lowest BCUT2D eigenvalue weighted by molar-refractivity contribution is -0.208. The van der Waals surface area contributed by atoms with Gasteiger partial charge in [-0.05, 0) is 68.5 Å². The number of methoxy groups -OCH3 is 1. The highest BCUT2D eigenvalue weighted by Crippen LogP contribution is 2.66. The van der Waals surface area contributed by atoms with Gasteiger partial charge in [0.25, 0.3) is 0 Å². The van der Waals surface area contributed by atoms with Gasteiger partial charge in [0.05, 0.1) is 11.0 Å². The Morgan fingerprint density at radius 2 is 2.12 bits per heavy atom. The highest BCUT2D eigenvalue weighted by molar-refractivity contribution is 5.74. The van der Waals surface area contributed by atoms with Crippen LogP contribution in [0.15, 0.2) is 12.1 Å². The molecule has 1 saturated heterocycles. The van der Waals surface area contributed by atoms with E-state index in [2.05, 4.69) is 16.3 Å². The Morgan fingerprint density at radius 1 is 1.32 bits per heavy atom.